The maximum absolute atomic E-state index is 5.76. The van der Waals surface area contributed by atoms with E-state index in [4.69, 9.17) is 4.74 Å². The summed E-state index contributed by atoms with van der Waals surface area (Å²) in [6.45, 7) is 6.66. The fraction of sp³-hybridized carbons (Fsp3) is 0.471. The average molecular weight is 285 g/mol. The van der Waals surface area contributed by atoms with Crippen molar-refractivity contribution in [2.24, 2.45) is 0 Å². The molecule has 0 bridgehead atoms. The van der Waals surface area contributed by atoms with Crippen LogP contribution in [0.25, 0.3) is 10.9 Å². The number of aryl methyl sites for hydroxylation is 1. The molecular weight excluding hydrogens is 262 g/mol. The number of hydrogen-bond acceptors (Lipinski definition) is 4. The molecule has 1 saturated heterocycles. The van der Waals surface area contributed by atoms with Crippen molar-refractivity contribution in [1.82, 2.24) is 15.2 Å². The van der Waals surface area contributed by atoms with Crippen molar-refractivity contribution >= 4 is 10.9 Å². The molecule has 2 heterocycles. The molecule has 0 saturated carbocycles. The molecule has 0 radical (unpaired) electrons. The first-order chi connectivity index (χ1) is 10.2. The molecule has 4 heteroatoms. The lowest BCUT2D eigenvalue weighted by atomic mass is 10.1. The lowest BCUT2D eigenvalue weighted by Crippen LogP contribution is -2.44. The highest BCUT2D eigenvalue weighted by atomic mass is 16.5. The molecule has 1 aromatic heterocycles. The van der Waals surface area contributed by atoms with Crippen molar-refractivity contribution in [3.05, 3.63) is 41.6 Å². The van der Waals surface area contributed by atoms with E-state index in [2.05, 4.69) is 52.6 Å². The smallest absolute Gasteiger partial charge is 0.0826 e. The summed E-state index contributed by atoms with van der Waals surface area (Å²) in [5.74, 6) is 0. The van der Waals surface area contributed by atoms with Crippen LogP contribution in [-0.2, 0) is 11.3 Å². The van der Waals surface area contributed by atoms with E-state index < -0.39 is 0 Å². The number of nitrogens with zero attached hydrogens (tertiary/aromatic N) is 2. The van der Waals surface area contributed by atoms with Gasteiger partial charge in [0.15, 0.2) is 0 Å². The zero-order valence-electron chi connectivity index (χ0n) is 12.8. The summed E-state index contributed by atoms with van der Waals surface area (Å²) >= 11 is 0. The minimum Gasteiger partial charge on any atom is -0.374 e. The van der Waals surface area contributed by atoms with Gasteiger partial charge in [0, 0.05) is 37.3 Å². The molecule has 1 aromatic carbocycles. The number of nitrogens with one attached hydrogen (secondary N) is 1. The number of ether oxygens (including phenoxy) is 1. The third-order valence-corrected chi connectivity index (χ3v) is 3.87. The number of aromatic nitrogens is 1. The molecule has 1 aliphatic heterocycles. The van der Waals surface area contributed by atoms with Crippen molar-refractivity contribution < 1.29 is 4.74 Å². The van der Waals surface area contributed by atoms with Gasteiger partial charge in [-0.3, -0.25) is 9.88 Å². The van der Waals surface area contributed by atoms with Crippen LogP contribution in [0.4, 0.5) is 0 Å². The summed E-state index contributed by atoms with van der Waals surface area (Å²) in [6.07, 6.45) is 0.300. The Morgan fingerprint density at radius 3 is 3.05 bits per heavy atom. The lowest BCUT2D eigenvalue weighted by molar-refractivity contribution is 0.00885. The predicted octanol–water partition coefficient (Wildman–Crippen LogP) is 1.96. The van der Waals surface area contributed by atoms with Crippen molar-refractivity contribution in [2.75, 3.05) is 33.3 Å². The molecule has 0 amide bonds. The third-order valence-electron chi connectivity index (χ3n) is 3.87. The number of pyridine rings is 1. The van der Waals surface area contributed by atoms with E-state index in [1.165, 1.54) is 10.9 Å². The van der Waals surface area contributed by atoms with Crippen molar-refractivity contribution in [2.45, 2.75) is 19.6 Å². The van der Waals surface area contributed by atoms with Crippen LogP contribution in [0, 0.1) is 6.92 Å². The Bertz CT molecular complexity index is 608. The number of likely N-dealkylation sites (N-methyl/N-ethyl adjacent to an activating group) is 1. The van der Waals surface area contributed by atoms with Crippen LogP contribution in [-0.4, -0.2) is 49.3 Å². The lowest BCUT2D eigenvalue weighted by Gasteiger charge is -2.28. The second-order valence-corrected chi connectivity index (χ2v) is 5.87. The predicted molar refractivity (Wildman–Crippen MR) is 85.4 cm³/mol. The minimum absolute atomic E-state index is 0.300. The molecule has 1 atom stereocenters. The highest BCUT2D eigenvalue weighted by Crippen LogP contribution is 2.16. The molecule has 0 spiro atoms. The van der Waals surface area contributed by atoms with Gasteiger partial charge in [-0.05, 0) is 37.7 Å². The van der Waals surface area contributed by atoms with Crippen LogP contribution in [0.1, 0.15) is 11.3 Å². The maximum atomic E-state index is 5.76. The molecule has 0 aliphatic carbocycles. The summed E-state index contributed by atoms with van der Waals surface area (Å²) in [5.41, 5.74) is 3.45. The Morgan fingerprint density at radius 2 is 2.24 bits per heavy atom. The highest BCUT2D eigenvalue weighted by Gasteiger charge is 2.15. The molecule has 2 aromatic rings. The van der Waals surface area contributed by atoms with Gasteiger partial charge in [-0.15, -0.1) is 0 Å². The first-order valence-corrected chi connectivity index (χ1v) is 7.58. The molecule has 1 N–H and O–H groups in total. The minimum atomic E-state index is 0.300. The van der Waals surface area contributed by atoms with Crippen LogP contribution < -0.4 is 5.32 Å². The monoisotopic (exact) mass is 285 g/mol. The zero-order chi connectivity index (χ0) is 14.7. The summed E-state index contributed by atoms with van der Waals surface area (Å²) in [5, 5.41) is 4.58. The molecular formula is C17H23N3O. The second-order valence-electron chi connectivity index (χ2n) is 5.87. The fourth-order valence-corrected chi connectivity index (χ4v) is 2.84. The zero-order valence-corrected chi connectivity index (χ0v) is 12.8. The van der Waals surface area contributed by atoms with Crippen LogP contribution >= 0.6 is 0 Å². The SMILES string of the molecule is Cc1ccc2cc(CN(C)CC3CNCCO3)ccc2n1. The number of rotatable bonds is 4. The van der Waals surface area contributed by atoms with Crippen molar-refractivity contribution in [1.29, 1.82) is 0 Å². The third kappa shape index (κ3) is 3.79. The van der Waals surface area contributed by atoms with Crippen LogP contribution in [0.3, 0.4) is 0 Å². The van der Waals surface area contributed by atoms with E-state index in [9.17, 15) is 0 Å². The Morgan fingerprint density at radius 1 is 1.33 bits per heavy atom. The number of hydrogen-bond donors (Lipinski definition) is 1. The van der Waals surface area contributed by atoms with Gasteiger partial charge in [0.2, 0.25) is 0 Å². The second kappa shape index (κ2) is 6.52. The van der Waals surface area contributed by atoms with Crippen LogP contribution in [0.15, 0.2) is 30.3 Å². The van der Waals surface area contributed by atoms with Crippen molar-refractivity contribution in [3.63, 3.8) is 0 Å². The number of morpholine rings is 1. The van der Waals surface area contributed by atoms with Gasteiger partial charge in [-0.25, -0.2) is 0 Å². The maximum Gasteiger partial charge on any atom is 0.0826 e. The van der Waals surface area contributed by atoms with Gasteiger partial charge in [-0.2, -0.15) is 0 Å². The molecule has 4 nitrogen and oxygen atoms in total. The standard InChI is InChI=1S/C17H23N3O/c1-13-3-5-15-9-14(4-6-17(15)19-13)11-20(2)12-16-10-18-7-8-21-16/h3-6,9,16,18H,7-8,10-12H2,1-2H3. The van der Waals surface area contributed by atoms with E-state index in [-0.39, 0.29) is 0 Å². The van der Waals surface area contributed by atoms with Gasteiger partial charge in [0.1, 0.15) is 0 Å². The molecule has 1 unspecified atom stereocenters. The Hall–Kier alpha value is -1.49. The average Bonchev–Trinajstić information content (AvgIpc) is 2.48. The van der Waals surface area contributed by atoms with Crippen LogP contribution in [0.5, 0.6) is 0 Å². The summed E-state index contributed by atoms with van der Waals surface area (Å²) < 4.78 is 5.76. The van der Waals surface area contributed by atoms with Gasteiger partial charge in [0.05, 0.1) is 18.2 Å². The topological polar surface area (TPSA) is 37.4 Å². The van der Waals surface area contributed by atoms with Crippen LogP contribution in [0.2, 0.25) is 0 Å². The van der Waals surface area contributed by atoms with Gasteiger partial charge < -0.3 is 10.1 Å². The summed E-state index contributed by atoms with van der Waals surface area (Å²) in [6, 6.07) is 10.7. The number of fused-ring (bicyclic) bond motifs is 1. The van der Waals surface area contributed by atoms with E-state index in [0.29, 0.717) is 6.10 Å². The molecule has 1 aliphatic rings. The Balaban J connectivity index is 1.65. The van der Waals surface area contributed by atoms with E-state index in [1.54, 1.807) is 0 Å². The summed E-state index contributed by atoms with van der Waals surface area (Å²) in [7, 11) is 2.15. The molecule has 1 fully saturated rings. The van der Waals surface area contributed by atoms with E-state index in [1.807, 2.05) is 6.92 Å². The molecule has 3 rings (SSSR count). The van der Waals surface area contributed by atoms with E-state index in [0.717, 1.165) is 44.0 Å². The highest BCUT2D eigenvalue weighted by molar-refractivity contribution is 5.79. The first kappa shape index (κ1) is 14.4. The van der Waals surface area contributed by atoms with E-state index >= 15 is 0 Å². The normalized spacial score (nSPS) is 19.3. The quantitative estimate of drug-likeness (QED) is 0.932. The number of benzene rings is 1. The Kier molecular flexibility index (Phi) is 4.48. The molecule has 112 valence electrons. The summed E-state index contributed by atoms with van der Waals surface area (Å²) in [4.78, 5) is 6.87. The van der Waals surface area contributed by atoms with Crippen molar-refractivity contribution in [3.8, 4) is 0 Å². The Labute approximate surface area is 126 Å². The molecule has 21 heavy (non-hydrogen) atoms. The van der Waals surface area contributed by atoms with Gasteiger partial charge >= 0.3 is 0 Å². The first-order valence-electron chi connectivity index (χ1n) is 7.58. The van der Waals surface area contributed by atoms with Gasteiger partial charge in [0.25, 0.3) is 0 Å². The largest absolute Gasteiger partial charge is 0.374 e. The fourth-order valence-electron chi connectivity index (χ4n) is 2.84. The van der Waals surface area contributed by atoms with Gasteiger partial charge in [-0.1, -0.05) is 12.1 Å².